The summed E-state index contributed by atoms with van der Waals surface area (Å²) in [6, 6.07) is 3.40. The molecule has 0 aromatic carbocycles. The van der Waals surface area contributed by atoms with Gasteiger partial charge in [0.05, 0.1) is 36.5 Å². The highest BCUT2D eigenvalue weighted by Crippen LogP contribution is 2.72. The molecular formula is C102H174N2O4. The minimum Gasteiger partial charge on any atom is -0.376 e. The maximum Gasteiger partial charge on any atom is 0.0758 e. The molecule has 0 spiro atoms. The average molecular weight is 1490 g/mol. The Labute approximate surface area is 667 Å². The summed E-state index contributed by atoms with van der Waals surface area (Å²) in [6.07, 6.45) is 77.4. The lowest BCUT2D eigenvalue weighted by Crippen LogP contribution is -2.74. The molecule has 18 atom stereocenters. The summed E-state index contributed by atoms with van der Waals surface area (Å²) in [5.74, 6) is 20.4. The van der Waals surface area contributed by atoms with E-state index < -0.39 is 0 Å². The number of hydrogen-bond acceptors (Lipinski definition) is 6. The summed E-state index contributed by atoms with van der Waals surface area (Å²) >= 11 is 0. The first-order chi connectivity index (χ1) is 52.9. The van der Waals surface area contributed by atoms with Crippen LogP contribution in [0.15, 0.2) is 23.3 Å². The molecule has 0 heterocycles. The first-order valence-electron chi connectivity index (χ1n) is 50.3. The van der Waals surface area contributed by atoms with E-state index in [9.17, 15) is 0 Å². The van der Waals surface area contributed by atoms with Crippen molar-refractivity contribution in [3.63, 3.8) is 0 Å². The lowest BCUT2D eigenvalue weighted by atomic mass is 9.35. The quantitative estimate of drug-likeness (QED) is 0.0575. The van der Waals surface area contributed by atoms with Gasteiger partial charge in [0.2, 0.25) is 0 Å². The van der Waals surface area contributed by atoms with Crippen LogP contribution in [0, 0.1) is 142 Å². The van der Waals surface area contributed by atoms with Crippen LogP contribution >= 0.6 is 0 Å². The molecule has 15 rings (SSSR count). The lowest BCUT2D eigenvalue weighted by molar-refractivity contribution is -0.252. The molecule has 0 bridgehead atoms. The maximum atomic E-state index is 7.66. The molecule has 15 saturated carbocycles. The van der Waals surface area contributed by atoms with E-state index in [-0.39, 0.29) is 24.4 Å². The van der Waals surface area contributed by atoms with Gasteiger partial charge < -0.3 is 18.9 Å². The lowest BCUT2D eigenvalue weighted by Gasteiger charge is -2.73. The Hall–Kier alpha value is -0.760. The van der Waals surface area contributed by atoms with Crippen molar-refractivity contribution in [3.05, 3.63) is 23.3 Å². The second-order valence-electron chi connectivity index (χ2n) is 43.4. The molecule has 0 radical (unpaired) electrons. The monoisotopic (exact) mass is 1490 g/mol. The van der Waals surface area contributed by atoms with Gasteiger partial charge in [-0.1, -0.05) is 208 Å². The third-order valence-corrected chi connectivity index (χ3v) is 36.4. The molecule has 15 aliphatic rings. The van der Waals surface area contributed by atoms with Crippen LogP contribution in [0.3, 0.4) is 0 Å². The molecule has 0 amide bonds. The van der Waals surface area contributed by atoms with Crippen molar-refractivity contribution < 1.29 is 18.9 Å². The van der Waals surface area contributed by atoms with Gasteiger partial charge in [-0.05, 0) is 347 Å². The topological polar surface area (TPSA) is 43.4 Å². The summed E-state index contributed by atoms with van der Waals surface area (Å²) in [7, 11) is 0. The number of ether oxygens (including phenoxy) is 4. The number of unbranched alkanes of at least 4 members (excludes halogenated alkanes) is 4. The molecule has 15 aliphatic carbocycles. The Morgan fingerprint density at radius 3 is 0.806 bits per heavy atom. The summed E-state index contributed by atoms with van der Waals surface area (Å²) < 4.78 is 30.6. The molecule has 6 nitrogen and oxygen atoms in total. The third-order valence-electron chi connectivity index (χ3n) is 36.4. The second-order valence-corrected chi connectivity index (χ2v) is 43.4. The standard InChI is InChI=1S/C102H174N2O4/c1-11-15-57-105-91-61-71(9)62-92(106-58-16-12-2)101(91)103(79-53-41-73(42-54-79)65-89(75-45-33-67(5)34-46-75)76-47-35-68(6)36-48-76)99-83-27-21-19-25-81(83)95-86-30-24-32-88-98(86)96(85-29-23-31-87(99)97(85)95)82-26-20-22-28-84(82)100(88)104(102-93(107-59-17-13-3)63-72(10)64-94(102)108-60-18-14-4)80-55-43-74(44-56-80)66-90(77-49-37-69(7)38-50-77)78-51-39-70(8)40-52-78/h65-88,91-102H,11-64H2,1-10H3. The van der Waals surface area contributed by atoms with Crippen molar-refractivity contribution in [2.45, 2.75) is 451 Å². The fourth-order valence-corrected chi connectivity index (χ4v) is 31.3. The summed E-state index contributed by atoms with van der Waals surface area (Å²) in [6.45, 7) is 28.8. The Balaban J connectivity index is 0.797. The van der Waals surface area contributed by atoms with Crippen LogP contribution in [0.4, 0.5) is 0 Å². The molecule has 108 heavy (non-hydrogen) atoms. The highest BCUT2D eigenvalue weighted by Gasteiger charge is 2.69. The molecule has 0 aliphatic heterocycles. The highest BCUT2D eigenvalue weighted by molar-refractivity contribution is 5.22. The maximum absolute atomic E-state index is 7.66. The van der Waals surface area contributed by atoms with Crippen LogP contribution in [0.5, 0.6) is 0 Å². The Morgan fingerprint density at radius 1 is 0.259 bits per heavy atom. The van der Waals surface area contributed by atoms with E-state index in [1.807, 2.05) is 11.1 Å². The molecule has 0 aromatic heterocycles. The van der Waals surface area contributed by atoms with Gasteiger partial charge in [0.1, 0.15) is 0 Å². The van der Waals surface area contributed by atoms with E-state index in [4.69, 9.17) is 18.9 Å². The van der Waals surface area contributed by atoms with E-state index in [2.05, 4.69) is 91.2 Å². The fraction of sp³-hybridized carbons (Fsp3) is 0.961. The van der Waals surface area contributed by atoms with Gasteiger partial charge in [0.25, 0.3) is 0 Å². The Bertz CT molecular complexity index is 2440. The van der Waals surface area contributed by atoms with Gasteiger partial charge in [-0.25, -0.2) is 0 Å². The molecule has 0 saturated heterocycles. The zero-order valence-electron chi connectivity index (χ0n) is 72.5. The van der Waals surface area contributed by atoms with Crippen molar-refractivity contribution in [1.29, 1.82) is 0 Å². The predicted octanol–water partition coefficient (Wildman–Crippen LogP) is 26.9. The molecule has 616 valence electrons. The molecule has 15 fully saturated rings. The highest BCUT2D eigenvalue weighted by atomic mass is 16.5. The van der Waals surface area contributed by atoms with Gasteiger partial charge in [0.15, 0.2) is 0 Å². The van der Waals surface area contributed by atoms with Crippen LogP contribution < -0.4 is 0 Å². The van der Waals surface area contributed by atoms with Crippen LogP contribution in [0.1, 0.15) is 390 Å². The van der Waals surface area contributed by atoms with Crippen molar-refractivity contribution in [2.24, 2.45) is 142 Å². The SMILES string of the molecule is CCCCOC1CC(C)CC(OCCCC)C1N(C1CCC(C=C(C2CCC(C)CC2)C2CCC(C)CC2)CC1)C1C2CCCCC2C2C3CCCC4C3C(C3CCCCC3C4N(C3CCC(C=C(C4CCC(C)CC4)C4CCC(C)CC4)CC3)C3C(OCCCC)CC(C)CC3OCCCC)C3CCCC1C32. The van der Waals surface area contributed by atoms with Gasteiger partial charge in [-0.2, -0.15) is 0 Å². The van der Waals surface area contributed by atoms with E-state index >= 15 is 0 Å². The van der Waals surface area contributed by atoms with E-state index in [1.54, 1.807) is 12.8 Å². The van der Waals surface area contributed by atoms with Gasteiger partial charge in [-0.15, -0.1) is 0 Å². The van der Waals surface area contributed by atoms with Gasteiger partial charge in [-0.3, -0.25) is 9.80 Å². The minimum absolute atomic E-state index is 0.273. The van der Waals surface area contributed by atoms with Crippen molar-refractivity contribution >= 4 is 0 Å². The van der Waals surface area contributed by atoms with E-state index in [0.717, 1.165) is 157 Å². The summed E-state index contributed by atoms with van der Waals surface area (Å²) in [5, 5.41) is 0. The Morgan fingerprint density at radius 2 is 0.519 bits per heavy atom. The van der Waals surface area contributed by atoms with Crippen LogP contribution in [0.2, 0.25) is 0 Å². The zero-order chi connectivity index (χ0) is 74.4. The summed E-state index contributed by atoms with van der Waals surface area (Å²) in [4.78, 5) is 7.12. The van der Waals surface area contributed by atoms with E-state index in [0.29, 0.717) is 48.1 Å². The van der Waals surface area contributed by atoms with E-state index in [1.165, 1.54) is 308 Å². The molecular weight excluding hydrogens is 1320 g/mol. The normalized spacial score (nSPS) is 46.4. The number of allylic oxidation sites excluding steroid dienone is 4. The van der Waals surface area contributed by atoms with Gasteiger partial charge >= 0.3 is 0 Å². The smallest absolute Gasteiger partial charge is 0.0758 e. The van der Waals surface area contributed by atoms with Crippen molar-refractivity contribution in [1.82, 2.24) is 9.80 Å². The Kier molecular flexibility index (Phi) is 29.9. The number of hydrogen-bond donors (Lipinski definition) is 0. The first-order valence-corrected chi connectivity index (χ1v) is 50.3. The predicted molar refractivity (Wildman–Crippen MR) is 453 cm³/mol. The fourth-order valence-electron chi connectivity index (χ4n) is 31.3. The summed E-state index contributed by atoms with van der Waals surface area (Å²) in [5.41, 5.74) is 3.97. The second kappa shape index (κ2) is 39.2. The third kappa shape index (κ3) is 18.4. The zero-order valence-corrected chi connectivity index (χ0v) is 72.5. The number of nitrogens with zero attached hydrogens (tertiary/aromatic N) is 2. The number of fused-ring (bicyclic) bond motifs is 6. The first kappa shape index (κ1) is 82.3. The van der Waals surface area contributed by atoms with Crippen LogP contribution in [-0.2, 0) is 18.9 Å². The molecule has 0 aromatic rings. The van der Waals surface area contributed by atoms with Crippen LogP contribution in [0.25, 0.3) is 0 Å². The average Bonchev–Trinajstić information content (AvgIpc) is 0.683. The number of rotatable bonds is 28. The largest absolute Gasteiger partial charge is 0.376 e. The van der Waals surface area contributed by atoms with Crippen LogP contribution in [-0.4, -0.2) is 96.9 Å². The molecule has 6 heteroatoms. The van der Waals surface area contributed by atoms with Crippen molar-refractivity contribution in [2.75, 3.05) is 26.4 Å². The van der Waals surface area contributed by atoms with Crippen molar-refractivity contribution in [3.8, 4) is 0 Å². The van der Waals surface area contributed by atoms with Gasteiger partial charge in [0, 0.05) is 50.6 Å². The molecule has 0 N–H and O–H groups in total. The molecule has 18 unspecified atom stereocenters. The minimum atomic E-state index is 0.273.